The molecule has 1 aromatic rings. The number of anilines is 1. The van der Waals surface area contributed by atoms with Crippen molar-refractivity contribution in [2.45, 2.75) is 37.9 Å². The Kier molecular flexibility index (Phi) is 3.89. The molecule has 4 nitrogen and oxygen atoms in total. The van der Waals surface area contributed by atoms with Crippen LogP contribution >= 0.6 is 0 Å². The minimum atomic E-state index is 0.153. The maximum Gasteiger partial charge on any atom is 0.166 e. The van der Waals surface area contributed by atoms with Gasteiger partial charge in [0, 0.05) is 30.3 Å². The molecule has 3 saturated heterocycles. The van der Waals surface area contributed by atoms with Crippen molar-refractivity contribution in [1.82, 2.24) is 0 Å². The van der Waals surface area contributed by atoms with Gasteiger partial charge in [-0.3, -0.25) is 4.79 Å². The van der Waals surface area contributed by atoms with Crippen molar-refractivity contribution in [3.63, 3.8) is 0 Å². The summed E-state index contributed by atoms with van der Waals surface area (Å²) in [7, 11) is 0. The molecular weight excluding hydrogens is 278 g/mol. The number of benzene rings is 1. The number of carbonyl (C=O) groups is 1. The fourth-order valence-corrected chi connectivity index (χ4v) is 3.97. The molecule has 3 fully saturated rings. The first kappa shape index (κ1) is 14.2. The Hall–Kier alpha value is -1.39. The second-order valence-electron chi connectivity index (χ2n) is 6.64. The summed E-state index contributed by atoms with van der Waals surface area (Å²) in [4.78, 5) is 15.0. The summed E-state index contributed by atoms with van der Waals surface area (Å²) in [6.45, 7) is 3.42. The molecule has 22 heavy (non-hydrogen) atoms. The Balaban J connectivity index is 1.44. The largest absolute Gasteiger partial charge is 0.378 e. The zero-order chi connectivity index (χ0) is 14.9. The number of ketones is 1. The van der Waals surface area contributed by atoms with Crippen molar-refractivity contribution in [3.05, 3.63) is 29.8 Å². The van der Waals surface area contributed by atoms with Gasteiger partial charge in [-0.25, -0.2) is 0 Å². The lowest BCUT2D eigenvalue weighted by Gasteiger charge is -2.29. The highest BCUT2D eigenvalue weighted by atomic mass is 16.5. The van der Waals surface area contributed by atoms with Gasteiger partial charge in [0.25, 0.3) is 0 Å². The van der Waals surface area contributed by atoms with Crippen LogP contribution in [-0.4, -0.2) is 44.3 Å². The van der Waals surface area contributed by atoms with Crippen LogP contribution in [-0.2, 0) is 9.47 Å². The fraction of sp³-hybridized carbons (Fsp3) is 0.611. The Morgan fingerprint density at radius 2 is 1.64 bits per heavy atom. The van der Waals surface area contributed by atoms with Gasteiger partial charge in [0.15, 0.2) is 5.78 Å². The number of Topliss-reactive ketones (excluding diaryl/α,β-unsaturated/α-hetero) is 1. The molecule has 3 aliphatic heterocycles. The second-order valence-corrected chi connectivity index (χ2v) is 6.64. The molecule has 0 aliphatic carbocycles. The highest BCUT2D eigenvalue weighted by Crippen LogP contribution is 2.37. The van der Waals surface area contributed by atoms with Crippen molar-refractivity contribution in [2.75, 3.05) is 31.2 Å². The van der Waals surface area contributed by atoms with Crippen LogP contribution in [0.5, 0.6) is 0 Å². The molecule has 0 aromatic heterocycles. The molecular formula is C18H23NO3. The van der Waals surface area contributed by atoms with Gasteiger partial charge in [-0.15, -0.1) is 0 Å². The first-order chi connectivity index (χ1) is 10.8. The average molecular weight is 301 g/mol. The maximum atomic E-state index is 12.7. The minimum absolute atomic E-state index is 0.153. The summed E-state index contributed by atoms with van der Waals surface area (Å²) in [5.74, 6) is 0.453. The number of rotatable bonds is 3. The van der Waals surface area contributed by atoms with E-state index in [1.807, 2.05) is 12.1 Å². The smallest absolute Gasteiger partial charge is 0.166 e. The molecule has 2 atom stereocenters. The van der Waals surface area contributed by atoms with E-state index >= 15 is 0 Å². The van der Waals surface area contributed by atoms with Gasteiger partial charge in [0.05, 0.1) is 25.4 Å². The zero-order valence-electron chi connectivity index (χ0n) is 12.9. The van der Waals surface area contributed by atoms with Crippen molar-refractivity contribution in [3.8, 4) is 0 Å². The quantitative estimate of drug-likeness (QED) is 0.805. The summed E-state index contributed by atoms with van der Waals surface area (Å²) < 4.78 is 11.2. The van der Waals surface area contributed by atoms with Gasteiger partial charge in [-0.1, -0.05) is 0 Å². The number of fused-ring (bicyclic) bond motifs is 2. The SMILES string of the molecule is O=C(c1ccc(N2CCOCC2)cc1)C1CC2CCC(C1)O2. The molecule has 118 valence electrons. The Bertz CT molecular complexity index is 524. The molecule has 4 rings (SSSR count). The molecule has 0 spiro atoms. The summed E-state index contributed by atoms with van der Waals surface area (Å²) in [5.41, 5.74) is 2.04. The Morgan fingerprint density at radius 1 is 1.00 bits per heavy atom. The summed E-state index contributed by atoms with van der Waals surface area (Å²) >= 11 is 0. The third-order valence-electron chi connectivity index (χ3n) is 5.19. The summed E-state index contributed by atoms with van der Waals surface area (Å²) in [6, 6.07) is 8.13. The summed E-state index contributed by atoms with van der Waals surface area (Å²) in [5, 5.41) is 0. The van der Waals surface area contributed by atoms with E-state index < -0.39 is 0 Å². The second kappa shape index (κ2) is 6.01. The zero-order valence-corrected chi connectivity index (χ0v) is 12.9. The van der Waals surface area contributed by atoms with Crippen LogP contribution in [0.1, 0.15) is 36.0 Å². The normalized spacial score (nSPS) is 31.3. The van der Waals surface area contributed by atoms with E-state index in [0.717, 1.165) is 57.6 Å². The Labute approximate surface area is 131 Å². The molecule has 1 aromatic carbocycles. The van der Waals surface area contributed by atoms with Gasteiger partial charge in [-0.05, 0) is 49.9 Å². The van der Waals surface area contributed by atoms with Crippen LogP contribution in [0.3, 0.4) is 0 Å². The van der Waals surface area contributed by atoms with Crippen LogP contribution in [0.4, 0.5) is 5.69 Å². The molecule has 0 radical (unpaired) electrons. The van der Waals surface area contributed by atoms with Crippen molar-refractivity contribution >= 4 is 11.5 Å². The third kappa shape index (κ3) is 2.77. The first-order valence-electron chi connectivity index (χ1n) is 8.42. The van der Waals surface area contributed by atoms with Crippen molar-refractivity contribution in [2.24, 2.45) is 5.92 Å². The van der Waals surface area contributed by atoms with Gasteiger partial charge in [0.2, 0.25) is 0 Å². The molecule has 3 aliphatic rings. The third-order valence-corrected chi connectivity index (χ3v) is 5.19. The topological polar surface area (TPSA) is 38.8 Å². The lowest BCUT2D eigenvalue weighted by Crippen LogP contribution is -2.36. The van der Waals surface area contributed by atoms with E-state index in [1.165, 1.54) is 5.69 Å². The minimum Gasteiger partial charge on any atom is -0.378 e. The standard InChI is InChI=1S/C18H23NO3/c20-18(14-11-16-5-6-17(12-14)22-16)13-1-3-15(4-2-13)19-7-9-21-10-8-19/h1-4,14,16-17H,5-12H2. The lowest BCUT2D eigenvalue weighted by atomic mass is 9.88. The van der Waals surface area contributed by atoms with E-state index in [1.54, 1.807) is 0 Å². The van der Waals surface area contributed by atoms with E-state index in [2.05, 4.69) is 17.0 Å². The molecule has 4 heteroatoms. The summed E-state index contributed by atoms with van der Waals surface area (Å²) in [6.07, 6.45) is 4.70. The van der Waals surface area contributed by atoms with Crippen LogP contribution in [0.2, 0.25) is 0 Å². The number of nitrogens with zero attached hydrogens (tertiary/aromatic N) is 1. The van der Waals surface area contributed by atoms with Crippen LogP contribution in [0, 0.1) is 5.92 Å². The number of hydrogen-bond donors (Lipinski definition) is 0. The first-order valence-corrected chi connectivity index (χ1v) is 8.42. The predicted molar refractivity (Wildman–Crippen MR) is 84.4 cm³/mol. The van der Waals surface area contributed by atoms with Gasteiger partial charge < -0.3 is 14.4 Å². The van der Waals surface area contributed by atoms with E-state index in [4.69, 9.17) is 9.47 Å². The molecule has 0 saturated carbocycles. The van der Waals surface area contributed by atoms with Crippen molar-refractivity contribution in [1.29, 1.82) is 0 Å². The van der Waals surface area contributed by atoms with Crippen LogP contribution in [0.25, 0.3) is 0 Å². The molecule has 2 bridgehead atoms. The van der Waals surface area contributed by atoms with Crippen LogP contribution < -0.4 is 4.90 Å². The fourth-order valence-electron chi connectivity index (χ4n) is 3.97. The number of ether oxygens (including phenoxy) is 2. The average Bonchev–Trinajstić information content (AvgIpc) is 2.93. The molecule has 0 N–H and O–H groups in total. The molecule has 0 amide bonds. The number of hydrogen-bond acceptors (Lipinski definition) is 4. The Morgan fingerprint density at radius 3 is 2.27 bits per heavy atom. The van der Waals surface area contributed by atoms with Gasteiger partial charge in [0.1, 0.15) is 0 Å². The monoisotopic (exact) mass is 301 g/mol. The van der Waals surface area contributed by atoms with E-state index in [-0.39, 0.29) is 5.92 Å². The number of carbonyl (C=O) groups excluding carboxylic acids is 1. The van der Waals surface area contributed by atoms with Gasteiger partial charge >= 0.3 is 0 Å². The molecule has 2 unspecified atom stereocenters. The highest BCUT2D eigenvalue weighted by Gasteiger charge is 2.38. The predicted octanol–water partition coefficient (Wildman–Crippen LogP) is 2.66. The lowest BCUT2D eigenvalue weighted by molar-refractivity contribution is -0.0149. The maximum absolute atomic E-state index is 12.7. The van der Waals surface area contributed by atoms with Crippen LogP contribution in [0.15, 0.2) is 24.3 Å². The highest BCUT2D eigenvalue weighted by molar-refractivity contribution is 5.98. The van der Waals surface area contributed by atoms with Crippen molar-refractivity contribution < 1.29 is 14.3 Å². The molecule has 3 heterocycles. The van der Waals surface area contributed by atoms with E-state index in [9.17, 15) is 4.79 Å². The van der Waals surface area contributed by atoms with Gasteiger partial charge in [-0.2, -0.15) is 0 Å². The number of morpholine rings is 1. The van der Waals surface area contributed by atoms with E-state index in [0.29, 0.717) is 18.0 Å².